The summed E-state index contributed by atoms with van der Waals surface area (Å²) in [5.41, 5.74) is 10.2. The fourth-order valence-electron chi connectivity index (χ4n) is 5.63. The van der Waals surface area contributed by atoms with E-state index in [0.29, 0.717) is 11.1 Å². The minimum atomic E-state index is -1.24. The van der Waals surface area contributed by atoms with E-state index in [2.05, 4.69) is 95.2 Å². The van der Waals surface area contributed by atoms with Crippen LogP contribution in [-0.2, 0) is 9.59 Å². The van der Waals surface area contributed by atoms with Gasteiger partial charge in [0.1, 0.15) is 0 Å². The predicted molar refractivity (Wildman–Crippen MR) is 224 cm³/mol. The Morgan fingerprint density at radius 3 is 1.15 bits per heavy atom. The first-order chi connectivity index (χ1) is 26.6. The topological polar surface area (TPSA) is 86.6 Å². The van der Waals surface area contributed by atoms with Crippen LogP contribution in [0.5, 0.6) is 0 Å². The van der Waals surface area contributed by atoms with Gasteiger partial charge >= 0.3 is 11.9 Å². The molecule has 0 saturated heterocycles. The predicted octanol–water partition coefficient (Wildman–Crippen LogP) is 11.9. The minimum absolute atomic E-state index is 0.322. The molecule has 55 heavy (non-hydrogen) atoms. The van der Waals surface area contributed by atoms with Crippen molar-refractivity contribution >= 4 is 65.5 Å². The monoisotopic (exact) mass is 719 g/mol. The summed E-state index contributed by atoms with van der Waals surface area (Å²) in [6, 6.07) is 37.9. The Morgan fingerprint density at radius 1 is 0.509 bits per heavy atom. The van der Waals surface area contributed by atoms with Crippen LogP contribution >= 0.6 is 0 Å². The van der Waals surface area contributed by atoms with E-state index in [0.717, 1.165) is 39.3 Å². The first kappa shape index (κ1) is 38.5. The summed E-state index contributed by atoms with van der Waals surface area (Å²) in [5, 5.41) is 18.1. The van der Waals surface area contributed by atoms with Crippen molar-refractivity contribution in [2.45, 2.75) is 13.8 Å². The first-order valence-electron chi connectivity index (χ1n) is 17.3. The average molecular weight is 720 g/mol. The van der Waals surface area contributed by atoms with Crippen LogP contribution in [0.1, 0.15) is 44.5 Å². The second kappa shape index (κ2) is 18.7. The summed E-state index contributed by atoms with van der Waals surface area (Å²) in [5.74, 6) is -2.48. The number of anilines is 3. The molecule has 0 fully saturated rings. The molecule has 0 atom stereocenters. The highest BCUT2D eigenvalue weighted by Gasteiger charge is 2.15. The second-order valence-corrected chi connectivity index (χ2v) is 12.5. The van der Waals surface area contributed by atoms with Gasteiger partial charge in [0, 0.05) is 17.1 Å². The van der Waals surface area contributed by atoms with Crippen LogP contribution in [0.2, 0.25) is 0 Å². The molecule has 0 aliphatic rings. The van der Waals surface area contributed by atoms with Gasteiger partial charge in [-0.05, 0) is 95.3 Å². The number of carboxylic acids is 2. The quantitative estimate of drug-likeness (QED) is 0.0719. The van der Waals surface area contributed by atoms with Gasteiger partial charge in [0.25, 0.3) is 11.4 Å². The number of rotatable bonds is 13. The fraction of sp³-hybridized carbons (Fsp3) is 0.0417. The molecule has 0 spiro atoms. The molecular formula is C48H37N3O4. The molecule has 0 saturated carbocycles. The zero-order valence-electron chi connectivity index (χ0n) is 30.3. The molecule has 0 aromatic heterocycles. The maximum absolute atomic E-state index is 11.1. The molecule has 5 rings (SSSR count). The van der Waals surface area contributed by atoms with E-state index in [9.17, 15) is 9.59 Å². The molecule has 0 aliphatic heterocycles. The van der Waals surface area contributed by atoms with Crippen molar-refractivity contribution in [3.05, 3.63) is 218 Å². The third kappa shape index (κ3) is 10.9. The van der Waals surface area contributed by atoms with Gasteiger partial charge in [0.2, 0.25) is 0 Å². The molecule has 0 heterocycles. The average Bonchev–Trinajstić information content (AvgIpc) is 3.19. The summed E-state index contributed by atoms with van der Waals surface area (Å²) in [6.45, 7) is 18.2. The highest BCUT2D eigenvalue weighted by atomic mass is 16.4. The lowest BCUT2D eigenvalue weighted by atomic mass is 10.1. The maximum Gasteiger partial charge on any atom is 0.333 e. The van der Waals surface area contributed by atoms with Crippen LogP contribution in [0.3, 0.4) is 0 Å². The van der Waals surface area contributed by atoms with Gasteiger partial charge in [-0.25, -0.2) is 9.69 Å². The summed E-state index contributed by atoms with van der Waals surface area (Å²) in [6.07, 6.45) is 18.5. The molecule has 268 valence electrons. The molecule has 0 aliphatic carbocycles. The Bertz CT molecular complexity index is 2290. The molecule has 2 N–H and O–H groups in total. The number of hydrogen-bond donors (Lipinski definition) is 2. The van der Waals surface area contributed by atoms with Gasteiger partial charge in [-0.1, -0.05) is 139 Å². The van der Waals surface area contributed by atoms with Crippen LogP contribution in [-0.4, -0.2) is 22.2 Å². The maximum atomic E-state index is 11.1. The lowest BCUT2D eigenvalue weighted by molar-refractivity contribution is -0.133. The highest BCUT2D eigenvalue weighted by molar-refractivity contribution is 5.94. The lowest BCUT2D eigenvalue weighted by Gasteiger charge is -2.27. The smallest absolute Gasteiger partial charge is 0.333 e. The lowest BCUT2D eigenvalue weighted by Crippen LogP contribution is -2.11. The number of benzene rings is 5. The number of hydrogen-bond acceptors (Lipinski definition) is 3. The van der Waals surface area contributed by atoms with E-state index in [-0.39, 0.29) is 11.4 Å². The number of aliphatic carboxylic acids is 2. The summed E-state index contributed by atoms with van der Waals surface area (Å²) >= 11 is 0. The van der Waals surface area contributed by atoms with Crippen LogP contribution < -0.4 is 4.90 Å². The molecule has 7 heteroatoms. The molecule has 5 aromatic carbocycles. The SMILES string of the molecule is [C-]#[N+]C(=Cc1ccc(C=CC=Cc2ccc(N(c3ccc(C=CC=Cc4ccc(C=C([N+]#[C-])C(=O)O)cc4)cc3)c3ccc(C)cc3C)cc2)cc1)C(=O)O. The molecule has 5 aromatic rings. The Balaban J connectivity index is 1.27. The summed E-state index contributed by atoms with van der Waals surface area (Å²) in [4.78, 5) is 30.5. The molecule has 0 unspecified atom stereocenters. The zero-order valence-corrected chi connectivity index (χ0v) is 30.3. The fourth-order valence-corrected chi connectivity index (χ4v) is 5.63. The van der Waals surface area contributed by atoms with E-state index in [4.69, 9.17) is 23.4 Å². The van der Waals surface area contributed by atoms with Gasteiger partial charge in [0.05, 0.1) is 13.1 Å². The second-order valence-electron chi connectivity index (χ2n) is 12.5. The third-order valence-corrected chi connectivity index (χ3v) is 8.43. The van der Waals surface area contributed by atoms with Crippen molar-refractivity contribution in [1.82, 2.24) is 0 Å². The van der Waals surface area contributed by atoms with Gasteiger partial charge in [-0.3, -0.25) is 9.59 Å². The van der Waals surface area contributed by atoms with Crippen LogP contribution in [0.25, 0.3) is 46.1 Å². The molecule has 0 amide bonds. The highest BCUT2D eigenvalue weighted by Crippen LogP contribution is 2.37. The molecular weight excluding hydrogens is 683 g/mol. The van der Waals surface area contributed by atoms with Gasteiger partial charge in [0.15, 0.2) is 0 Å². The van der Waals surface area contributed by atoms with E-state index < -0.39 is 11.9 Å². The number of carboxylic acid groups (broad SMARTS) is 2. The minimum Gasteiger partial charge on any atom is -0.486 e. The number of nitrogens with zero attached hydrogens (tertiary/aromatic N) is 3. The van der Waals surface area contributed by atoms with E-state index in [1.807, 2.05) is 72.9 Å². The summed E-state index contributed by atoms with van der Waals surface area (Å²) < 4.78 is 0. The van der Waals surface area contributed by atoms with Gasteiger partial charge in [-0.15, -0.1) is 0 Å². The van der Waals surface area contributed by atoms with Crippen molar-refractivity contribution in [1.29, 1.82) is 0 Å². The van der Waals surface area contributed by atoms with Crippen LogP contribution in [0.15, 0.2) is 151 Å². The van der Waals surface area contributed by atoms with Crippen molar-refractivity contribution in [3.63, 3.8) is 0 Å². The van der Waals surface area contributed by atoms with E-state index >= 15 is 0 Å². The largest absolute Gasteiger partial charge is 0.486 e. The van der Waals surface area contributed by atoms with Crippen molar-refractivity contribution in [2.24, 2.45) is 0 Å². The Hall–Kier alpha value is -7.74. The third-order valence-electron chi connectivity index (χ3n) is 8.43. The van der Waals surface area contributed by atoms with Gasteiger partial charge in [-0.2, -0.15) is 0 Å². The van der Waals surface area contributed by atoms with E-state index in [1.165, 1.54) is 23.3 Å². The van der Waals surface area contributed by atoms with Crippen molar-refractivity contribution < 1.29 is 19.8 Å². The van der Waals surface area contributed by atoms with Crippen LogP contribution in [0.4, 0.5) is 17.1 Å². The van der Waals surface area contributed by atoms with E-state index in [1.54, 1.807) is 24.3 Å². The van der Waals surface area contributed by atoms with Crippen LogP contribution in [0, 0.1) is 27.0 Å². The standard InChI is InChI=1S/C48H37N3O4/c1-34-13-30-46(35(2)31-34)51(42-26-22-38(23-27-42)11-7-5-9-36-14-18-40(19-15-36)32-44(49-3)47(52)53)43-28-24-39(25-29-43)12-8-6-10-37-16-20-41(21-17-37)33-45(50-4)48(54)55/h5-33H,1-2H3,(H,52,53)(H,54,55). The molecule has 0 bridgehead atoms. The first-order valence-corrected chi connectivity index (χ1v) is 17.3. The van der Waals surface area contributed by atoms with Crippen molar-refractivity contribution in [2.75, 3.05) is 4.90 Å². The Morgan fingerprint density at radius 2 is 0.836 bits per heavy atom. The Kier molecular flexibility index (Phi) is 13.1. The molecule has 7 nitrogen and oxygen atoms in total. The number of allylic oxidation sites excluding steroid dienone is 4. The number of aryl methyl sites for hydroxylation is 2. The summed E-state index contributed by atoms with van der Waals surface area (Å²) in [7, 11) is 0. The Labute approximate surface area is 321 Å². The number of carbonyl (C=O) groups is 2. The van der Waals surface area contributed by atoms with Gasteiger partial charge < -0.3 is 15.1 Å². The zero-order chi connectivity index (χ0) is 39.2. The normalized spacial score (nSPS) is 12.0. The van der Waals surface area contributed by atoms with Crippen molar-refractivity contribution in [3.8, 4) is 0 Å². The molecule has 0 radical (unpaired) electrons.